The van der Waals surface area contributed by atoms with Gasteiger partial charge in [0.2, 0.25) is 5.91 Å². The Bertz CT molecular complexity index is 573. The van der Waals surface area contributed by atoms with Crippen LogP contribution in [0.1, 0.15) is 36.3 Å². The Morgan fingerprint density at radius 1 is 1.27 bits per heavy atom. The van der Waals surface area contributed by atoms with Crippen LogP contribution in [0.2, 0.25) is 0 Å². The summed E-state index contributed by atoms with van der Waals surface area (Å²) < 4.78 is 39.1. The van der Waals surface area contributed by atoms with Crippen molar-refractivity contribution >= 4 is 5.91 Å². The number of alkyl halides is 3. The third kappa shape index (κ3) is 2.97. The van der Waals surface area contributed by atoms with Crippen molar-refractivity contribution in [1.82, 2.24) is 4.90 Å². The number of hydrogen-bond donors (Lipinski definition) is 1. The molecule has 1 aliphatic carbocycles. The first-order valence-corrected chi connectivity index (χ1v) is 7.51. The summed E-state index contributed by atoms with van der Waals surface area (Å²) in [7, 11) is 0. The van der Waals surface area contributed by atoms with Crippen molar-refractivity contribution in [2.75, 3.05) is 13.1 Å². The molecule has 120 valence electrons. The SMILES string of the molecule is O=C(C1CC1c1ccccc1C(F)(F)F)N1CCCC(O)C1. The second kappa shape index (κ2) is 5.57. The Labute approximate surface area is 126 Å². The molecule has 1 saturated heterocycles. The van der Waals surface area contributed by atoms with E-state index in [1.54, 1.807) is 11.0 Å². The number of likely N-dealkylation sites (tertiary alicyclic amines) is 1. The van der Waals surface area contributed by atoms with Crippen LogP contribution in [0.15, 0.2) is 24.3 Å². The van der Waals surface area contributed by atoms with E-state index in [-0.39, 0.29) is 23.3 Å². The van der Waals surface area contributed by atoms with Gasteiger partial charge in [-0.1, -0.05) is 18.2 Å². The third-order valence-corrected chi connectivity index (χ3v) is 4.48. The van der Waals surface area contributed by atoms with E-state index in [2.05, 4.69) is 0 Å². The molecule has 1 aromatic rings. The molecule has 1 aliphatic heterocycles. The minimum atomic E-state index is -4.39. The Hall–Kier alpha value is -1.56. The second-order valence-corrected chi connectivity index (χ2v) is 6.11. The van der Waals surface area contributed by atoms with Gasteiger partial charge in [0, 0.05) is 19.0 Å². The average molecular weight is 313 g/mol. The highest BCUT2D eigenvalue weighted by atomic mass is 19.4. The van der Waals surface area contributed by atoms with E-state index in [1.165, 1.54) is 12.1 Å². The number of nitrogens with zero attached hydrogens (tertiary/aromatic N) is 1. The number of carbonyl (C=O) groups excluding carboxylic acids is 1. The predicted octanol–water partition coefficient (Wildman–Crippen LogP) is 2.79. The van der Waals surface area contributed by atoms with Gasteiger partial charge in [0.05, 0.1) is 11.7 Å². The summed E-state index contributed by atoms with van der Waals surface area (Å²) in [6.45, 7) is 0.878. The van der Waals surface area contributed by atoms with Crippen LogP contribution in [0.4, 0.5) is 13.2 Å². The van der Waals surface area contributed by atoms with Gasteiger partial charge in [0.1, 0.15) is 0 Å². The summed E-state index contributed by atoms with van der Waals surface area (Å²) in [4.78, 5) is 14.0. The van der Waals surface area contributed by atoms with Crippen LogP contribution in [0.3, 0.4) is 0 Å². The molecule has 3 nitrogen and oxygen atoms in total. The van der Waals surface area contributed by atoms with Crippen molar-refractivity contribution in [2.24, 2.45) is 5.92 Å². The van der Waals surface area contributed by atoms with Gasteiger partial charge in [-0.15, -0.1) is 0 Å². The Balaban J connectivity index is 1.73. The lowest BCUT2D eigenvalue weighted by atomic mass is 10.0. The zero-order chi connectivity index (χ0) is 15.9. The molecule has 0 aromatic heterocycles. The first kappa shape index (κ1) is 15.3. The van der Waals surface area contributed by atoms with E-state index in [0.29, 0.717) is 25.9 Å². The summed E-state index contributed by atoms with van der Waals surface area (Å²) in [5.41, 5.74) is -0.431. The van der Waals surface area contributed by atoms with E-state index >= 15 is 0 Å². The average Bonchev–Trinajstić information content (AvgIpc) is 3.26. The molecule has 1 amide bonds. The van der Waals surface area contributed by atoms with Crippen LogP contribution >= 0.6 is 0 Å². The molecule has 0 radical (unpaired) electrons. The number of β-amino-alcohol motifs (C(OH)–C–C–N with tert-alkyl or cyclic N) is 1. The van der Waals surface area contributed by atoms with Crippen molar-refractivity contribution in [3.05, 3.63) is 35.4 Å². The number of piperidine rings is 1. The molecule has 0 bridgehead atoms. The third-order valence-electron chi connectivity index (χ3n) is 4.48. The van der Waals surface area contributed by atoms with Crippen molar-refractivity contribution in [3.63, 3.8) is 0 Å². The van der Waals surface area contributed by atoms with Crippen LogP contribution in [0.5, 0.6) is 0 Å². The van der Waals surface area contributed by atoms with Gasteiger partial charge in [-0.2, -0.15) is 13.2 Å². The zero-order valence-electron chi connectivity index (χ0n) is 12.0. The highest BCUT2D eigenvalue weighted by Gasteiger charge is 2.49. The monoisotopic (exact) mass is 313 g/mol. The largest absolute Gasteiger partial charge is 0.416 e. The molecule has 1 aromatic carbocycles. The van der Waals surface area contributed by atoms with Crippen molar-refractivity contribution in [2.45, 2.75) is 37.5 Å². The summed E-state index contributed by atoms with van der Waals surface area (Å²) in [5.74, 6) is -0.862. The molecule has 3 rings (SSSR count). The first-order chi connectivity index (χ1) is 10.4. The molecule has 3 atom stereocenters. The number of rotatable bonds is 2. The van der Waals surface area contributed by atoms with E-state index in [9.17, 15) is 23.1 Å². The standard InChI is InChI=1S/C16H18F3NO2/c17-16(18,19)14-6-2-1-5-11(14)12-8-13(12)15(22)20-7-3-4-10(21)9-20/h1-2,5-6,10,12-13,21H,3-4,7-9H2. The summed E-state index contributed by atoms with van der Waals surface area (Å²) >= 11 is 0. The van der Waals surface area contributed by atoms with Crippen LogP contribution < -0.4 is 0 Å². The lowest BCUT2D eigenvalue weighted by Crippen LogP contribution is -2.43. The highest BCUT2D eigenvalue weighted by molar-refractivity contribution is 5.83. The van der Waals surface area contributed by atoms with E-state index < -0.39 is 17.8 Å². The number of benzene rings is 1. The minimum absolute atomic E-state index is 0.124. The number of amides is 1. The van der Waals surface area contributed by atoms with Crippen molar-refractivity contribution < 1.29 is 23.1 Å². The first-order valence-electron chi connectivity index (χ1n) is 7.51. The van der Waals surface area contributed by atoms with Gasteiger partial charge in [0.15, 0.2) is 0 Å². The van der Waals surface area contributed by atoms with E-state index in [4.69, 9.17) is 0 Å². The Morgan fingerprint density at radius 3 is 2.68 bits per heavy atom. The smallest absolute Gasteiger partial charge is 0.391 e. The number of hydrogen-bond acceptors (Lipinski definition) is 2. The normalized spacial score (nSPS) is 28.5. The fourth-order valence-corrected chi connectivity index (χ4v) is 3.28. The van der Waals surface area contributed by atoms with Gasteiger partial charge >= 0.3 is 6.18 Å². The lowest BCUT2D eigenvalue weighted by molar-refractivity contribution is -0.139. The van der Waals surface area contributed by atoms with E-state index in [0.717, 1.165) is 12.5 Å². The lowest BCUT2D eigenvalue weighted by Gasteiger charge is -2.30. The van der Waals surface area contributed by atoms with Gasteiger partial charge in [-0.05, 0) is 36.8 Å². The van der Waals surface area contributed by atoms with E-state index in [1.807, 2.05) is 0 Å². The zero-order valence-corrected chi connectivity index (χ0v) is 12.0. The maximum absolute atomic E-state index is 13.0. The Kier molecular flexibility index (Phi) is 3.89. The fourth-order valence-electron chi connectivity index (χ4n) is 3.28. The molecule has 3 unspecified atom stereocenters. The maximum atomic E-state index is 13.0. The molecule has 2 fully saturated rings. The van der Waals surface area contributed by atoms with Crippen LogP contribution in [-0.4, -0.2) is 35.1 Å². The van der Waals surface area contributed by atoms with Gasteiger partial charge in [-0.3, -0.25) is 4.79 Å². The van der Waals surface area contributed by atoms with Gasteiger partial charge in [0.25, 0.3) is 0 Å². The molecule has 22 heavy (non-hydrogen) atoms. The highest BCUT2D eigenvalue weighted by Crippen LogP contribution is 2.51. The molecule has 1 heterocycles. The van der Waals surface area contributed by atoms with Crippen LogP contribution in [0.25, 0.3) is 0 Å². The van der Waals surface area contributed by atoms with Crippen molar-refractivity contribution in [3.8, 4) is 0 Å². The summed E-state index contributed by atoms with van der Waals surface area (Å²) in [6.07, 6.45) is -3.04. The van der Waals surface area contributed by atoms with Crippen LogP contribution in [-0.2, 0) is 11.0 Å². The van der Waals surface area contributed by atoms with Crippen LogP contribution in [0, 0.1) is 5.92 Å². The Morgan fingerprint density at radius 2 is 2.00 bits per heavy atom. The molecular formula is C16H18F3NO2. The number of halogens is 3. The second-order valence-electron chi connectivity index (χ2n) is 6.11. The molecule has 0 spiro atoms. The van der Waals surface area contributed by atoms with Gasteiger partial charge in [-0.25, -0.2) is 0 Å². The molecule has 2 aliphatic rings. The summed E-state index contributed by atoms with van der Waals surface area (Å²) in [5, 5.41) is 9.62. The van der Waals surface area contributed by atoms with Crippen molar-refractivity contribution in [1.29, 1.82) is 0 Å². The number of carbonyl (C=O) groups is 1. The number of aliphatic hydroxyl groups is 1. The molecule has 1 N–H and O–H groups in total. The fraction of sp³-hybridized carbons (Fsp3) is 0.562. The maximum Gasteiger partial charge on any atom is 0.416 e. The topological polar surface area (TPSA) is 40.5 Å². The quantitative estimate of drug-likeness (QED) is 0.912. The molecule has 6 heteroatoms. The van der Waals surface area contributed by atoms with Gasteiger partial charge < -0.3 is 10.0 Å². The number of aliphatic hydroxyl groups excluding tert-OH is 1. The molecular weight excluding hydrogens is 295 g/mol. The molecule has 1 saturated carbocycles. The minimum Gasteiger partial charge on any atom is -0.391 e. The predicted molar refractivity (Wildman–Crippen MR) is 74.1 cm³/mol. The summed E-state index contributed by atoms with van der Waals surface area (Å²) in [6, 6.07) is 5.48.